The van der Waals surface area contributed by atoms with E-state index < -0.39 is 0 Å². The second-order valence-corrected chi connectivity index (χ2v) is 4.92. The molecule has 0 saturated heterocycles. The Bertz CT molecular complexity index is 509. The highest BCUT2D eigenvalue weighted by molar-refractivity contribution is 6.32. The molecule has 0 bridgehead atoms. The summed E-state index contributed by atoms with van der Waals surface area (Å²) >= 11 is 6.09. The van der Waals surface area contributed by atoms with E-state index in [0.29, 0.717) is 10.9 Å². The van der Waals surface area contributed by atoms with E-state index in [1.165, 1.54) is 11.9 Å². The summed E-state index contributed by atoms with van der Waals surface area (Å²) < 4.78 is 0. The molecule has 0 N–H and O–H groups in total. The third kappa shape index (κ3) is 3.04. The fourth-order valence-electron chi connectivity index (χ4n) is 1.84. The van der Waals surface area contributed by atoms with Gasteiger partial charge in [0.25, 0.3) is 0 Å². The summed E-state index contributed by atoms with van der Waals surface area (Å²) in [6, 6.07) is 8.36. The minimum absolute atomic E-state index is 0.592. The molecule has 2 rings (SSSR count). The maximum absolute atomic E-state index is 6.09. The lowest BCUT2D eigenvalue weighted by Gasteiger charge is -2.07. The first-order chi connectivity index (χ1) is 8.16. The molecule has 2 nitrogen and oxygen atoms in total. The van der Waals surface area contributed by atoms with Crippen molar-refractivity contribution in [2.45, 2.75) is 20.3 Å². The zero-order chi connectivity index (χ0) is 12.3. The maximum atomic E-state index is 6.09. The summed E-state index contributed by atoms with van der Waals surface area (Å²) in [6.45, 7) is 4.43. The van der Waals surface area contributed by atoms with E-state index in [4.69, 9.17) is 11.6 Å². The fraction of sp³-hybridized carbons (Fsp3) is 0.286. The summed E-state index contributed by atoms with van der Waals surface area (Å²) in [6.07, 6.45) is 4.21. The summed E-state index contributed by atoms with van der Waals surface area (Å²) in [5.41, 5.74) is 3.16. The normalized spacial score (nSPS) is 10.8. The van der Waals surface area contributed by atoms with Crippen molar-refractivity contribution in [1.29, 1.82) is 0 Å². The molecule has 0 aliphatic carbocycles. The van der Waals surface area contributed by atoms with Gasteiger partial charge in [-0.15, -0.1) is 0 Å². The second-order valence-electron chi connectivity index (χ2n) is 4.52. The lowest BCUT2D eigenvalue weighted by Crippen LogP contribution is -1.94. The first-order valence-corrected chi connectivity index (χ1v) is 6.09. The van der Waals surface area contributed by atoms with Gasteiger partial charge in [-0.1, -0.05) is 43.6 Å². The molecule has 17 heavy (non-hydrogen) atoms. The van der Waals surface area contributed by atoms with Crippen molar-refractivity contribution in [3.63, 3.8) is 0 Å². The van der Waals surface area contributed by atoms with Crippen LogP contribution in [0.4, 0.5) is 0 Å². The van der Waals surface area contributed by atoms with Crippen molar-refractivity contribution in [2.75, 3.05) is 0 Å². The average Bonchev–Trinajstić information content (AvgIpc) is 2.29. The lowest BCUT2D eigenvalue weighted by molar-refractivity contribution is 0.647. The predicted molar refractivity (Wildman–Crippen MR) is 71.0 cm³/mol. The highest BCUT2D eigenvalue weighted by Crippen LogP contribution is 2.25. The number of hydrogen-bond acceptors (Lipinski definition) is 2. The summed E-state index contributed by atoms with van der Waals surface area (Å²) in [4.78, 5) is 8.12. The molecule has 1 heterocycles. The van der Waals surface area contributed by atoms with E-state index >= 15 is 0 Å². The van der Waals surface area contributed by atoms with Gasteiger partial charge in [0.2, 0.25) is 0 Å². The minimum atomic E-state index is 0.592. The van der Waals surface area contributed by atoms with Gasteiger partial charge in [0.1, 0.15) is 6.33 Å². The highest BCUT2D eigenvalue weighted by Gasteiger charge is 2.06. The van der Waals surface area contributed by atoms with Gasteiger partial charge in [-0.3, -0.25) is 0 Å². The third-order valence-corrected chi connectivity index (χ3v) is 2.79. The molecular weight excluding hydrogens is 232 g/mol. The van der Waals surface area contributed by atoms with E-state index in [-0.39, 0.29) is 0 Å². The summed E-state index contributed by atoms with van der Waals surface area (Å²) in [5.74, 6) is 0.645. The minimum Gasteiger partial charge on any atom is -0.243 e. The number of nitrogens with zero attached hydrogens (tertiary/aromatic N) is 2. The number of benzene rings is 1. The Labute approximate surface area is 107 Å². The Balaban J connectivity index is 2.37. The Morgan fingerprint density at radius 3 is 2.82 bits per heavy atom. The van der Waals surface area contributed by atoms with E-state index in [1.54, 1.807) is 6.20 Å². The molecule has 0 spiro atoms. The lowest BCUT2D eigenvalue weighted by atomic mass is 10.00. The summed E-state index contributed by atoms with van der Waals surface area (Å²) in [7, 11) is 0. The van der Waals surface area contributed by atoms with Crippen LogP contribution in [0.25, 0.3) is 11.3 Å². The molecule has 0 atom stereocenters. The van der Waals surface area contributed by atoms with Crippen LogP contribution in [0.1, 0.15) is 19.4 Å². The van der Waals surface area contributed by atoms with Gasteiger partial charge in [-0.2, -0.15) is 0 Å². The van der Waals surface area contributed by atoms with E-state index in [2.05, 4.69) is 35.9 Å². The molecule has 0 unspecified atom stereocenters. The second kappa shape index (κ2) is 5.28. The van der Waals surface area contributed by atoms with Crippen LogP contribution < -0.4 is 0 Å². The van der Waals surface area contributed by atoms with Crippen molar-refractivity contribution in [1.82, 2.24) is 9.97 Å². The monoisotopic (exact) mass is 246 g/mol. The fourth-order valence-corrected chi connectivity index (χ4v) is 2.06. The summed E-state index contributed by atoms with van der Waals surface area (Å²) in [5, 5.41) is 0.592. The number of rotatable bonds is 3. The average molecular weight is 247 g/mol. The molecule has 0 amide bonds. The molecule has 3 heteroatoms. The van der Waals surface area contributed by atoms with Crippen LogP contribution in [-0.2, 0) is 6.42 Å². The quantitative estimate of drug-likeness (QED) is 0.818. The first kappa shape index (κ1) is 12.1. The molecule has 0 aliphatic rings. The smallest absolute Gasteiger partial charge is 0.116 e. The zero-order valence-corrected chi connectivity index (χ0v) is 10.8. The van der Waals surface area contributed by atoms with Crippen molar-refractivity contribution >= 4 is 11.6 Å². The molecule has 2 aromatic rings. The van der Waals surface area contributed by atoms with Gasteiger partial charge in [-0.05, 0) is 24.0 Å². The molecule has 0 radical (unpaired) electrons. The SMILES string of the molecule is CC(C)Cc1cccc(-c2ncncc2Cl)c1. The van der Waals surface area contributed by atoms with Gasteiger partial charge < -0.3 is 0 Å². The van der Waals surface area contributed by atoms with Gasteiger partial charge in [-0.25, -0.2) is 9.97 Å². The molecule has 0 fully saturated rings. The van der Waals surface area contributed by atoms with Crippen LogP contribution >= 0.6 is 11.6 Å². The van der Waals surface area contributed by atoms with Crippen molar-refractivity contribution in [3.05, 3.63) is 47.4 Å². The first-order valence-electron chi connectivity index (χ1n) is 5.71. The van der Waals surface area contributed by atoms with Crippen LogP contribution in [-0.4, -0.2) is 9.97 Å². The Hall–Kier alpha value is -1.41. The molecule has 0 aliphatic heterocycles. The van der Waals surface area contributed by atoms with E-state index in [9.17, 15) is 0 Å². The largest absolute Gasteiger partial charge is 0.243 e. The van der Waals surface area contributed by atoms with E-state index in [1.807, 2.05) is 12.1 Å². The maximum Gasteiger partial charge on any atom is 0.116 e. The molecular formula is C14H15ClN2. The van der Waals surface area contributed by atoms with Crippen LogP contribution in [0, 0.1) is 5.92 Å². The van der Waals surface area contributed by atoms with Gasteiger partial charge >= 0.3 is 0 Å². The molecule has 0 saturated carbocycles. The Morgan fingerprint density at radius 2 is 2.12 bits per heavy atom. The number of aromatic nitrogens is 2. The Kier molecular flexibility index (Phi) is 3.75. The predicted octanol–water partition coefficient (Wildman–Crippen LogP) is 4.00. The molecule has 1 aromatic carbocycles. The van der Waals surface area contributed by atoms with Crippen LogP contribution in [0.2, 0.25) is 5.02 Å². The van der Waals surface area contributed by atoms with Gasteiger partial charge in [0.05, 0.1) is 10.7 Å². The number of hydrogen-bond donors (Lipinski definition) is 0. The zero-order valence-electron chi connectivity index (χ0n) is 10.0. The van der Waals surface area contributed by atoms with Crippen LogP contribution in [0.5, 0.6) is 0 Å². The van der Waals surface area contributed by atoms with Crippen LogP contribution in [0.15, 0.2) is 36.8 Å². The molecule has 1 aromatic heterocycles. The van der Waals surface area contributed by atoms with Crippen molar-refractivity contribution < 1.29 is 0 Å². The van der Waals surface area contributed by atoms with Gasteiger partial charge in [0, 0.05) is 11.8 Å². The van der Waals surface area contributed by atoms with E-state index in [0.717, 1.165) is 17.7 Å². The highest BCUT2D eigenvalue weighted by atomic mass is 35.5. The number of halogens is 1. The van der Waals surface area contributed by atoms with Crippen molar-refractivity contribution in [3.8, 4) is 11.3 Å². The topological polar surface area (TPSA) is 25.8 Å². The van der Waals surface area contributed by atoms with Crippen molar-refractivity contribution in [2.24, 2.45) is 5.92 Å². The van der Waals surface area contributed by atoms with Crippen LogP contribution in [0.3, 0.4) is 0 Å². The Morgan fingerprint density at radius 1 is 1.29 bits per heavy atom. The third-order valence-electron chi connectivity index (χ3n) is 2.51. The molecule has 88 valence electrons. The van der Waals surface area contributed by atoms with Gasteiger partial charge in [0.15, 0.2) is 0 Å². The standard InChI is InChI=1S/C14H15ClN2/c1-10(2)6-11-4-3-5-12(7-11)14-13(15)8-16-9-17-14/h3-5,7-10H,6H2,1-2H3.